The van der Waals surface area contributed by atoms with Crippen LogP contribution in [0.1, 0.15) is 21.9 Å². The smallest absolute Gasteiger partial charge is 0.0448 e. The van der Waals surface area contributed by atoms with Gasteiger partial charge in [0.1, 0.15) is 0 Å². The zero-order valence-corrected chi connectivity index (χ0v) is 27.7. The number of allylic oxidation sites excluding steroid dienone is 2. The van der Waals surface area contributed by atoms with E-state index >= 15 is 0 Å². The van der Waals surface area contributed by atoms with E-state index in [9.17, 15) is 0 Å². The summed E-state index contributed by atoms with van der Waals surface area (Å²) in [6.07, 6.45) is 7.09. The molecule has 10 rings (SSSR count). The lowest BCUT2D eigenvalue weighted by molar-refractivity contribution is 0.790. The lowest BCUT2D eigenvalue weighted by atomic mass is 9.89. The van der Waals surface area contributed by atoms with Crippen LogP contribution < -0.4 is 0 Å². The fraction of sp³-hybridized carbons (Fsp3) is 0.0417. The molecule has 2 unspecified atom stereocenters. The first-order chi connectivity index (χ1) is 24.3. The Hall–Kier alpha value is -5.63. The maximum absolute atomic E-state index is 2.45. The standard InChI is InChI=1S/C48H32S/c1-2-8-40-36(7-1)23-26-39-30-47(49-48(39)40)37-24-21-34(22-25-37)32-15-13-31(14-16-32)33-17-19-35(20-18-33)38-27-28-45-43-11-4-3-9-41(43)42-10-5-6-12-44(42)46(45)29-38/h1-30,39,48H. The van der Waals surface area contributed by atoms with Gasteiger partial charge in [0.2, 0.25) is 0 Å². The Labute approximate surface area is 291 Å². The summed E-state index contributed by atoms with van der Waals surface area (Å²) in [4.78, 5) is 1.38. The van der Waals surface area contributed by atoms with E-state index < -0.39 is 0 Å². The molecular formula is C48H32S. The first kappa shape index (κ1) is 28.4. The summed E-state index contributed by atoms with van der Waals surface area (Å²) in [5.41, 5.74) is 11.5. The van der Waals surface area contributed by atoms with Gasteiger partial charge in [0.15, 0.2) is 0 Å². The Balaban J connectivity index is 0.886. The zero-order chi connectivity index (χ0) is 32.3. The van der Waals surface area contributed by atoms with Crippen LogP contribution in [0.25, 0.3) is 76.7 Å². The highest BCUT2D eigenvalue weighted by molar-refractivity contribution is 8.08. The number of thioether (sulfide) groups is 1. The summed E-state index contributed by atoms with van der Waals surface area (Å²) >= 11 is 2.00. The lowest BCUT2D eigenvalue weighted by Gasteiger charge is -2.22. The molecule has 1 heteroatoms. The minimum Gasteiger partial charge on any atom is -0.117 e. The molecule has 0 saturated heterocycles. The molecule has 0 radical (unpaired) electrons. The van der Waals surface area contributed by atoms with Crippen molar-refractivity contribution < 1.29 is 0 Å². The molecule has 0 nitrogen and oxygen atoms in total. The average molecular weight is 641 g/mol. The molecule has 0 saturated carbocycles. The topological polar surface area (TPSA) is 0 Å². The van der Waals surface area contributed by atoms with E-state index in [-0.39, 0.29) is 0 Å². The molecule has 0 bridgehead atoms. The molecule has 1 aliphatic heterocycles. The van der Waals surface area contributed by atoms with Gasteiger partial charge in [0.05, 0.1) is 0 Å². The third-order valence-corrected chi connectivity index (χ3v) is 11.9. The Morgan fingerprint density at radius 3 is 1.37 bits per heavy atom. The molecule has 49 heavy (non-hydrogen) atoms. The monoisotopic (exact) mass is 640 g/mol. The highest BCUT2D eigenvalue weighted by Gasteiger charge is 2.32. The van der Waals surface area contributed by atoms with Crippen LogP contribution in [0, 0.1) is 5.92 Å². The fourth-order valence-corrected chi connectivity index (χ4v) is 9.32. The van der Waals surface area contributed by atoms with Gasteiger partial charge in [-0.2, -0.15) is 0 Å². The number of benzene rings is 8. The van der Waals surface area contributed by atoms with Crippen molar-refractivity contribution in [3.8, 4) is 33.4 Å². The Bertz CT molecular complexity index is 2570. The lowest BCUT2D eigenvalue weighted by Crippen LogP contribution is -2.06. The summed E-state index contributed by atoms with van der Waals surface area (Å²) in [7, 11) is 0. The summed E-state index contributed by atoms with van der Waals surface area (Å²) < 4.78 is 0. The number of rotatable bonds is 4. The molecule has 2 atom stereocenters. The van der Waals surface area contributed by atoms with Gasteiger partial charge >= 0.3 is 0 Å². The van der Waals surface area contributed by atoms with E-state index in [0.29, 0.717) is 11.2 Å². The van der Waals surface area contributed by atoms with Crippen molar-refractivity contribution in [2.24, 2.45) is 5.92 Å². The summed E-state index contributed by atoms with van der Waals surface area (Å²) in [6.45, 7) is 0. The molecule has 0 aromatic heterocycles. The van der Waals surface area contributed by atoms with E-state index in [4.69, 9.17) is 0 Å². The van der Waals surface area contributed by atoms with E-state index in [0.717, 1.165) is 0 Å². The van der Waals surface area contributed by atoms with E-state index in [1.54, 1.807) is 0 Å². The van der Waals surface area contributed by atoms with Gasteiger partial charge in [-0.15, -0.1) is 11.8 Å². The predicted octanol–water partition coefficient (Wildman–Crippen LogP) is 13.6. The second-order valence-electron chi connectivity index (χ2n) is 13.2. The second kappa shape index (κ2) is 11.5. The molecular weight excluding hydrogens is 609 g/mol. The van der Waals surface area contributed by atoms with Crippen molar-refractivity contribution in [3.05, 3.63) is 193 Å². The van der Waals surface area contributed by atoms with Crippen molar-refractivity contribution in [1.29, 1.82) is 0 Å². The average Bonchev–Trinajstić information content (AvgIpc) is 3.63. The first-order valence-corrected chi connectivity index (χ1v) is 18.0. The number of hydrogen-bond acceptors (Lipinski definition) is 1. The molecule has 230 valence electrons. The predicted molar refractivity (Wildman–Crippen MR) is 213 cm³/mol. The van der Waals surface area contributed by atoms with Gasteiger partial charge < -0.3 is 0 Å². The SMILES string of the molecule is C1=CC2C=C(c3ccc(-c4ccc(-c5ccc(-c6ccc7c8ccccc8c8ccccc8c7c6)cc5)cc4)cc3)SC2c2ccccc21. The third-order valence-electron chi connectivity index (χ3n) is 10.4. The van der Waals surface area contributed by atoms with E-state index in [1.165, 1.54) is 87.3 Å². The minimum atomic E-state index is 0.463. The molecule has 1 aliphatic carbocycles. The van der Waals surface area contributed by atoms with Gasteiger partial charge in [-0.05, 0) is 88.5 Å². The highest BCUT2D eigenvalue weighted by atomic mass is 32.2. The Morgan fingerprint density at radius 1 is 0.367 bits per heavy atom. The van der Waals surface area contributed by atoms with Crippen molar-refractivity contribution in [3.63, 3.8) is 0 Å². The highest BCUT2D eigenvalue weighted by Crippen LogP contribution is 2.54. The largest absolute Gasteiger partial charge is 0.117 e. The molecule has 0 N–H and O–H groups in total. The normalized spacial score (nSPS) is 16.5. The summed E-state index contributed by atoms with van der Waals surface area (Å²) in [5.74, 6) is 0.463. The van der Waals surface area contributed by atoms with Crippen molar-refractivity contribution in [1.82, 2.24) is 0 Å². The molecule has 0 amide bonds. The van der Waals surface area contributed by atoms with Crippen molar-refractivity contribution in [2.75, 3.05) is 0 Å². The van der Waals surface area contributed by atoms with Crippen LogP contribution in [0.2, 0.25) is 0 Å². The number of hydrogen-bond donors (Lipinski definition) is 0. The van der Waals surface area contributed by atoms with E-state index in [1.807, 2.05) is 11.8 Å². The zero-order valence-electron chi connectivity index (χ0n) is 26.9. The maximum Gasteiger partial charge on any atom is 0.0448 e. The molecule has 2 aliphatic rings. The molecule has 8 aromatic rings. The Morgan fingerprint density at radius 2 is 0.796 bits per heavy atom. The van der Waals surface area contributed by atoms with Crippen molar-refractivity contribution >= 4 is 55.1 Å². The second-order valence-corrected chi connectivity index (χ2v) is 14.4. The first-order valence-electron chi connectivity index (χ1n) is 17.1. The minimum absolute atomic E-state index is 0.463. The van der Waals surface area contributed by atoms with Gasteiger partial charge in [-0.1, -0.05) is 176 Å². The molecule has 0 fully saturated rings. The number of fused-ring (bicyclic) bond motifs is 9. The van der Waals surface area contributed by atoms with Crippen LogP contribution in [0.5, 0.6) is 0 Å². The van der Waals surface area contributed by atoms with Gasteiger partial charge in [0, 0.05) is 16.1 Å². The maximum atomic E-state index is 2.45. The summed E-state index contributed by atoms with van der Waals surface area (Å²) in [6, 6.07) is 60.4. The molecule has 1 heterocycles. The van der Waals surface area contributed by atoms with Crippen LogP contribution >= 0.6 is 11.8 Å². The van der Waals surface area contributed by atoms with Crippen LogP contribution in [-0.2, 0) is 0 Å². The van der Waals surface area contributed by atoms with Crippen LogP contribution in [0.3, 0.4) is 0 Å². The van der Waals surface area contributed by atoms with Gasteiger partial charge in [-0.25, -0.2) is 0 Å². The van der Waals surface area contributed by atoms with Crippen LogP contribution in [-0.4, -0.2) is 0 Å². The quantitative estimate of drug-likeness (QED) is 0.173. The van der Waals surface area contributed by atoms with Gasteiger partial charge in [0.25, 0.3) is 0 Å². The van der Waals surface area contributed by atoms with Crippen LogP contribution in [0.15, 0.2) is 176 Å². The molecule has 8 aromatic carbocycles. The van der Waals surface area contributed by atoms with Crippen molar-refractivity contribution in [2.45, 2.75) is 5.25 Å². The third kappa shape index (κ3) is 4.85. The fourth-order valence-electron chi connectivity index (χ4n) is 7.87. The van der Waals surface area contributed by atoms with E-state index in [2.05, 4.69) is 182 Å². The summed E-state index contributed by atoms with van der Waals surface area (Å²) in [5, 5.41) is 8.33. The van der Waals surface area contributed by atoms with Crippen LogP contribution in [0.4, 0.5) is 0 Å². The van der Waals surface area contributed by atoms with Gasteiger partial charge in [-0.3, -0.25) is 0 Å². The Kier molecular flexibility index (Phi) is 6.67. The molecule has 0 spiro atoms.